The summed E-state index contributed by atoms with van der Waals surface area (Å²) < 4.78 is 17.4. The van der Waals surface area contributed by atoms with Crippen LogP contribution in [0.15, 0.2) is 57.5 Å². The normalized spacial score (nSPS) is 16.5. The summed E-state index contributed by atoms with van der Waals surface area (Å²) in [4.78, 5) is 42.6. The molecule has 3 heterocycles. The topological polar surface area (TPSA) is 122 Å². The van der Waals surface area contributed by atoms with Crippen molar-refractivity contribution in [3.8, 4) is 11.5 Å². The number of hydrogen-bond acceptors (Lipinski definition) is 9. The van der Waals surface area contributed by atoms with Gasteiger partial charge in [-0.3, -0.25) is 19.5 Å². The molecular weight excluding hydrogens is 510 g/mol. The van der Waals surface area contributed by atoms with Gasteiger partial charge in [0.15, 0.2) is 16.3 Å². The molecule has 0 amide bonds. The van der Waals surface area contributed by atoms with Crippen LogP contribution < -0.4 is 24.4 Å². The summed E-state index contributed by atoms with van der Waals surface area (Å²) in [5.41, 5.74) is 0.558. The lowest BCUT2D eigenvalue weighted by atomic mass is 9.96. The van der Waals surface area contributed by atoms with Crippen molar-refractivity contribution >= 4 is 40.7 Å². The van der Waals surface area contributed by atoms with Crippen molar-refractivity contribution in [3.05, 3.63) is 93.6 Å². The minimum atomic E-state index is -0.886. The molecule has 0 aliphatic carbocycles. The average molecular weight is 528 g/mol. The van der Waals surface area contributed by atoms with Gasteiger partial charge in [-0.25, -0.2) is 9.79 Å². The van der Waals surface area contributed by atoms with Gasteiger partial charge in [-0.1, -0.05) is 41.1 Å². The van der Waals surface area contributed by atoms with Gasteiger partial charge < -0.3 is 14.2 Å². The number of hydrogen-bond donors (Lipinski definition) is 0. The van der Waals surface area contributed by atoms with Crippen molar-refractivity contribution in [1.29, 1.82) is 0 Å². The average Bonchev–Trinajstić information content (AvgIpc) is 3.42. The smallest absolute Gasteiger partial charge is 0.338 e. The molecule has 1 aromatic heterocycles. The van der Waals surface area contributed by atoms with Crippen LogP contribution in [0.5, 0.6) is 11.5 Å². The van der Waals surface area contributed by atoms with E-state index in [1.54, 1.807) is 38.1 Å². The second-order valence-electron chi connectivity index (χ2n) is 7.85. The van der Waals surface area contributed by atoms with E-state index in [0.717, 1.165) is 11.3 Å². The number of allylic oxidation sites excluding steroid dienone is 1. The number of rotatable bonds is 5. The fraction of sp³-hybridized carbons (Fsp3) is 0.208. The van der Waals surface area contributed by atoms with Crippen LogP contribution in [-0.4, -0.2) is 28.9 Å². The predicted molar refractivity (Wildman–Crippen MR) is 131 cm³/mol. The largest absolute Gasteiger partial charge is 0.463 e. The maximum Gasteiger partial charge on any atom is 0.338 e. The van der Waals surface area contributed by atoms with Crippen LogP contribution in [0.1, 0.15) is 31.0 Å². The number of esters is 1. The van der Waals surface area contributed by atoms with Gasteiger partial charge in [0.05, 0.1) is 39.0 Å². The fourth-order valence-electron chi connectivity index (χ4n) is 4.14. The number of nitro groups is 1. The molecule has 2 aliphatic rings. The molecule has 184 valence electrons. The van der Waals surface area contributed by atoms with Crippen LogP contribution in [0.25, 0.3) is 6.08 Å². The van der Waals surface area contributed by atoms with Gasteiger partial charge in [0.1, 0.15) is 6.04 Å². The number of ether oxygens (including phenoxy) is 3. The predicted octanol–water partition coefficient (Wildman–Crippen LogP) is 3.09. The monoisotopic (exact) mass is 527 g/mol. The summed E-state index contributed by atoms with van der Waals surface area (Å²) in [7, 11) is 0. The van der Waals surface area contributed by atoms with E-state index >= 15 is 0 Å². The summed E-state index contributed by atoms with van der Waals surface area (Å²) in [5, 5.41) is 12.1. The first-order chi connectivity index (χ1) is 17.3. The third-order valence-corrected chi connectivity index (χ3v) is 7.05. The van der Waals surface area contributed by atoms with E-state index in [4.69, 9.17) is 25.8 Å². The molecule has 12 heteroatoms. The lowest BCUT2D eigenvalue weighted by molar-refractivity contribution is -0.385. The molecule has 10 nitrogen and oxygen atoms in total. The third-order valence-electron chi connectivity index (χ3n) is 5.72. The molecule has 2 aliphatic heterocycles. The van der Waals surface area contributed by atoms with E-state index < -0.39 is 22.5 Å². The fourth-order valence-corrected chi connectivity index (χ4v) is 5.42. The van der Waals surface area contributed by atoms with E-state index in [9.17, 15) is 19.7 Å². The Kier molecular flexibility index (Phi) is 6.10. The minimum Gasteiger partial charge on any atom is -0.463 e. The first-order valence-corrected chi connectivity index (χ1v) is 12.0. The highest BCUT2D eigenvalue weighted by molar-refractivity contribution is 7.07. The van der Waals surface area contributed by atoms with Crippen LogP contribution in [-0.2, 0) is 9.53 Å². The maximum atomic E-state index is 13.7. The molecule has 0 bridgehead atoms. The molecule has 0 fully saturated rings. The Bertz CT molecular complexity index is 1640. The number of fused-ring (bicyclic) bond motifs is 2. The molecule has 0 unspecified atom stereocenters. The standard InChI is InChI=1S/C24H18ClN3O7S/c1-3-33-23(30)20-12(2)26-24-27(21(20)14-6-4-5-7-15(14)25)22(29)19(36-24)9-13-8-17-18(35-11-34-17)10-16(13)28(31)32/h4-10,21H,3,11H2,1-2H3/t21-/m1/s1. The number of nitrogens with zero attached hydrogens (tertiary/aromatic N) is 3. The molecule has 5 rings (SSSR count). The van der Waals surface area contributed by atoms with Crippen LogP contribution in [0.3, 0.4) is 0 Å². The zero-order chi connectivity index (χ0) is 25.6. The highest BCUT2D eigenvalue weighted by atomic mass is 35.5. The summed E-state index contributed by atoms with van der Waals surface area (Å²) in [6.45, 7) is 3.44. The Morgan fingerprint density at radius 1 is 1.33 bits per heavy atom. The van der Waals surface area contributed by atoms with E-state index in [-0.39, 0.29) is 40.5 Å². The van der Waals surface area contributed by atoms with Gasteiger partial charge in [0, 0.05) is 5.02 Å². The van der Waals surface area contributed by atoms with Gasteiger partial charge in [-0.15, -0.1) is 0 Å². The van der Waals surface area contributed by atoms with Gasteiger partial charge in [0.25, 0.3) is 11.2 Å². The minimum absolute atomic E-state index is 0.0497. The second kappa shape index (κ2) is 9.25. The number of nitro benzene ring substituents is 1. The van der Waals surface area contributed by atoms with Crippen LogP contribution in [0, 0.1) is 10.1 Å². The van der Waals surface area contributed by atoms with Gasteiger partial charge in [0.2, 0.25) is 6.79 Å². The zero-order valence-corrected chi connectivity index (χ0v) is 20.6. The second-order valence-corrected chi connectivity index (χ2v) is 9.26. The zero-order valence-electron chi connectivity index (χ0n) is 19.0. The Balaban J connectivity index is 1.75. The van der Waals surface area contributed by atoms with E-state index in [1.807, 2.05) is 0 Å². The summed E-state index contributed by atoms with van der Waals surface area (Å²) >= 11 is 7.54. The molecule has 0 saturated carbocycles. The molecule has 0 radical (unpaired) electrons. The van der Waals surface area contributed by atoms with Crippen LogP contribution in [0.4, 0.5) is 5.69 Å². The van der Waals surface area contributed by atoms with Crippen LogP contribution >= 0.6 is 22.9 Å². The molecular formula is C24H18ClN3O7S. The number of carbonyl (C=O) groups is 1. The Labute approximate surface area is 212 Å². The lowest BCUT2D eigenvalue weighted by Gasteiger charge is -2.25. The van der Waals surface area contributed by atoms with Crippen molar-refractivity contribution in [3.63, 3.8) is 0 Å². The van der Waals surface area contributed by atoms with Crippen molar-refractivity contribution in [1.82, 2.24) is 4.57 Å². The van der Waals surface area contributed by atoms with Crippen molar-refractivity contribution in [2.24, 2.45) is 4.99 Å². The number of thiazole rings is 1. The summed E-state index contributed by atoms with van der Waals surface area (Å²) in [5.74, 6) is -0.00731. The Hall–Kier alpha value is -3.96. The van der Waals surface area contributed by atoms with E-state index in [2.05, 4.69) is 4.99 Å². The quantitative estimate of drug-likeness (QED) is 0.284. The Morgan fingerprint density at radius 2 is 2.06 bits per heavy atom. The van der Waals surface area contributed by atoms with Gasteiger partial charge in [-0.2, -0.15) is 0 Å². The number of halogens is 1. The molecule has 3 aromatic rings. The number of carbonyl (C=O) groups excluding carboxylic acids is 1. The number of aromatic nitrogens is 1. The highest BCUT2D eigenvalue weighted by Gasteiger charge is 2.34. The van der Waals surface area contributed by atoms with Crippen LogP contribution in [0.2, 0.25) is 5.02 Å². The molecule has 0 saturated heterocycles. The van der Waals surface area contributed by atoms with Crippen molar-refractivity contribution < 1.29 is 23.9 Å². The maximum absolute atomic E-state index is 13.7. The van der Waals surface area contributed by atoms with Crippen molar-refractivity contribution in [2.45, 2.75) is 19.9 Å². The van der Waals surface area contributed by atoms with Gasteiger partial charge >= 0.3 is 5.97 Å². The molecule has 1 atom stereocenters. The molecule has 2 aromatic carbocycles. The molecule has 36 heavy (non-hydrogen) atoms. The summed E-state index contributed by atoms with van der Waals surface area (Å²) in [6.07, 6.45) is 1.41. The third kappa shape index (κ3) is 3.95. The van der Waals surface area contributed by atoms with E-state index in [1.165, 1.54) is 22.8 Å². The van der Waals surface area contributed by atoms with Crippen molar-refractivity contribution in [2.75, 3.05) is 13.4 Å². The number of benzene rings is 2. The summed E-state index contributed by atoms with van der Waals surface area (Å²) in [6, 6.07) is 8.73. The lowest BCUT2D eigenvalue weighted by Crippen LogP contribution is -2.40. The molecule has 0 spiro atoms. The van der Waals surface area contributed by atoms with Gasteiger partial charge in [-0.05, 0) is 37.6 Å². The highest BCUT2D eigenvalue weighted by Crippen LogP contribution is 2.38. The Morgan fingerprint density at radius 3 is 2.75 bits per heavy atom. The van der Waals surface area contributed by atoms with E-state index in [0.29, 0.717) is 26.8 Å². The molecule has 0 N–H and O–H groups in total. The SMILES string of the molecule is CCOC(=O)C1=C(C)N=c2sc(=Cc3cc4c(cc3[N+](=O)[O-])OCO4)c(=O)n2[C@@H]1c1ccccc1Cl. The first-order valence-electron chi connectivity index (χ1n) is 10.8. The first kappa shape index (κ1) is 23.8.